The number of pyridine rings is 1. The van der Waals surface area contributed by atoms with E-state index in [0.29, 0.717) is 39.4 Å². The Balaban J connectivity index is 1.60. The number of nitrogens with zero attached hydrogens (tertiary/aromatic N) is 4. The first-order valence-corrected chi connectivity index (χ1v) is 10.5. The molecular weight excluding hydrogens is 424 g/mol. The average molecular weight is 443 g/mol. The number of anilines is 2. The van der Waals surface area contributed by atoms with Crippen LogP contribution in [0, 0.1) is 0 Å². The third-order valence-electron chi connectivity index (χ3n) is 5.18. The highest BCUT2D eigenvalue weighted by Crippen LogP contribution is 2.36. The van der Waals surface area contributed by atoms with Gasteiger partial charge in [-0.25, -0.2) is 4.68 Å². The zero-order chi connectivity index (χ0) is 22.1. The molecule has 7 nitrogen and oxygen atoms in total. The third-order valence-corrected chi connectivity index (χ3v) is 5.41. The Morgan fingerprint density at radius 1 is 1.06 bits per heavy atom. The highest BCUT2D eigenvalue weighted by Gasteiger charge is 2.35. The van der Waals surface area contributed by atoms with Gasteiger partial charge in [-0.2, -0.15) is 4.98 Å². The molecule has 32 heavy (non-hydrogen) atoms. The maximum absolute atomic E-state index is 13.4. The van der Waals surface area contributed by atoms with Crippen molar-refractivity contribution in [2.75, 3.05) is 10.6 Å². The number of aromatic nitrogens is 4. The fourth-order valence-corrected chi connectivity index (χ4v) is 3.92. The van der Waals surface area contributed by atoms with Crippen molar-refractivity contribution in [3.8, 4) is 11.4 Å². The summed E-state index contributed by atoms with van der Waals surface area (Å²) in [4.78, 5) is 22.6. The zero-order valence-corrected chi connectivity index (χ0v) is 17.9. The minimum absolute atomic E-state index is 0.234. The van der Waals surface area contributed by atoms with Crippen LogP contribution >= 0.6 is 11.6 Å². The number of fused-ring (bicyclic) bond motifs is 1. The summed E-state index contributed by atoms with van der Waals surface area (Å²) < 4.78 is 1.70. The van der Waals surface area contributed by atoms with Crippen molar-refractivity contribution in [1.82, 2.24) is 19.7 Å². The fourth-order valence-electron chi connectivity index (χ4n) is 3.73. The molecule has 3 heterocycles. The molecule has 0 spiro atoms. The number of hydrogen-bond acceptors (Lipinski definition) is 5. The normalized spacial score (nSPS) is 15.1. The molecule has 0 saturated heterocycles. The largest absolute Gasteiger partial charge is 0.328 e. The zero-order valence-electron chi connectivity index (χ0n) is 17.2. The van der Waals surface area contributed by atoms with E-state index in [9.17, 15) is 4.79 Å². The highest BCUT2D eigenvalue weighted by atomic mass is 35.5. The van der Waals surface area contributed by atoms with Gasteiger partial charge in [0.25, 0.3) is 5.91 Å². The van der Waals surface area contributed by atoms with Crippen LogP contribution in [0.4, 0.5) is 11.6 Å². The number of nitrogens with one attached hydrogen (secondary N) is 2. The van der Waals surface area contributed by atoms with Gasteiger partial charge < -0.3 is 10.6 Å². The molecule has 0 aliphatic carbocycles. The maximum Gasteiger partial charge on any atom is 0.255 e. The number of carbonyl (C=O) groups excluding carboxylic acids is 1. The SMILES string of the molecule is CC1=C(C(=O)Nc2ccccc2)C(c2ccccn2)n2nc(-c3cccc(Cl)c3)nc2N1. The molecule has 5 rings (SSSR count). The molecule has 2 N–H and O–H groups in total. The summed E-state index contributed by atoms with van der Waals surface area (Å²) in [5, 5.41) is 11.5. The minimum atomic E-state index is -0.545. The van der Waals surface area contributed by atoms with E-state index in [1.54, 1.807) is 16.9 Å². The molecule has 1 unspecified atom stereocenters. The van der Waals surface area contributed by atoms with E-state index in [1.807, 2.05) is 73.7 Å². The van der Waals surface area contributed by atoms with Crippen LogP contribution in [0.1, 0.15) is 18.7 Å². The molecule has 0 fully saturated rings. The lowest BCUT2D eigenvalue weighted by atomic mass is 9.98. The van der Waals surface area contributed by atoms with Crippen LogP contribution in [-0.2, 0) is 4.79 Å². The molecule has 0 bridgehead atoms. The first kappa shape index (κ1) is 20.0. The summed E-state index contributed by atoms with van der Waals surface area (Å²) >= 11 is 6.16. The molecule has 158 valence electrons. The summed E-state index contributed by atoms with van der Waals surface area (Å²) in [6, 6.07) is 21.8. The van der Waals surface area contributed by atoms with Crippen molar-refractivity contribution in [3.63, 3.8) is 0 Å². The minimum Gasteiger partial charge on any atom is -0.328 e. The van der Waals surface area contributed by atoms with Crippen molar-refractivity contribution in [1.29, 1.82) is 0 Å². The van der Waals surface area contributed by atoms with Gasteiger partial charge in [0.15, 0.2) is 5.82 Å². The third kappa shape index (κ3) is 3.74. The molecular formula is C24H19ClN6O. The molecule has 8 heteroatoms. The number of hydrogen-bond donors (Lipinski definition) is 2. The number of para-hydroxylation sites is 1. The van der Waals surface area contributed by atoms with Gasteiger partial charge >= 0.3 is 0 Å². The topological polar surface area (TPSA) is 84.7 Å². The van der Waals surface area contributed by atoms with Gasteiger partial charge in [-0.05, 0) is 43.3 Å². The molecule has 1 aliphatic heterocycles. The monoisotopic (exact) mass is 442 g/mol. The van der Waals surface area contributed by atoms with Crippen molar-refractivity contribution in [2.45, 2.75) is 13.0 Å². The molecule has 1 atom stereocenters. The second-order valence-corrected chi connectivity index (χ2v) is 7.79. The predicted octanol–water partition coefficient (Wildman–Crippen LogP) is 4.92. The Morgan fingerprint density at radius 2 is 1.88 bits per heavy atom. The van der Waals surface area contributed by atoms with E-state index < -0.39 is 6.04 Å². The summed E-state index contributed by atoms with van der Waals surface area (Å²) in [7, 11) is 0. The predicted molar refractivity (Wildman–Crippen MR) is 124 cm³/mol. The first-order chi connectivity index (χ1) is 15.6. The van der Waals surface area contributed by atoms with E-state index >= 15 is 0 Å². The van der Waals surface area contributed by atoms with Gasteiger partial charge in [-0.1, -0.05) is 48.0 Å². The maximum atomic E-state index is 13.4. The molecule has 0 radical (unpaired) electrons. The van der Waals surface area contributed by atoms with Gasteiger partial charge in [0, 0.05) is 28.2 Å². The van der Waals surface area contributed by atoms with Crippen LogP contribution in [-0.4, -0.2) is 25.7 Å². The van der Waals surface area contributed by atoms with Crippen LogP contribution < -0.4 is 10.6 Å². The molecule has 4 aromatic rings. The quantitative estimate of drug-likeness (QED) is 0.468. The van der Waals surface area contributed by atoms with Crippen LogP contribution in [0.3, 0.4) is 0 Å². The number of halogens is 1. The van der Waals surface area contributed by atoms with Crippen molar-refractivity contribution >= 4 is 29.1 Å². The Morgan fingerprint density at radius 3 is 2.62 bits per heavy atom. The van der Waals surface area contributed by atoms with E-state index in [0.717, 1.165) is 5.56 Å². The second-order valence-electron chi connectivity index (χ2n) is 7.35. The number of rotatable bonds is 4. The van der Waals surface area contributed by atoms with E-state index in [1.165, 1.54) is 0 Å². The van der Waals surface area contributed by atoms with Crippen LogP contribution in [0.5, 0.6) is 0 Å². The van der Waals surface area contributed by atoms with Crippen LogP contribution in [0.2, 0.25) is 5.02 Å². The van der Waals surface area contributed by atoms with Crippen molar-refractivity contribution < 1.29 is 4.79 Å². The Bertz CT molecular complexity index is 1320. The lowest BCUT2D eigenvalue weighted by molar-refractivity contribution is -0.113. The van der Waals surface area contributed by atoms with E-state index in [-0.39, 0.29) is 5.91 Å². The molecule has 2 aromatic carbocycles. The molecule has 1 aliphatic rings. The lowest BCUT2D eigenvalue weighted by Crippen LogP contribution is -2.32. The number of benzene rings is 2. The fraction of sp³-hybridized carbons (Fsp3) is 0.0833. The highest BCUT2D eigenvalue weighted by molar-refractivity contribution is 6.30. The second kappa shape index (κ2) is 8.28. The Hall–Kier alpha value is -3.97. The number of carbonyl (C=O) groups is 1. The first-order valence-electron chi connectivity index (χ1n) is 10.1. The molecule has 0 saturated carbocycles. The summed E-state index contributed by atoms with van der Waals surface area (Å²) in [5.74, 6) is 0.806. The van der Waals surface area contributed by atoms with Crippen molar-refractivity contribution in [2.24, 2.45) is 0 Å². The van der Waals surface area contributed by atoms with E-state index in [4.69, 9.17) is 16.7 Å². The van der Waals surface area contributed by atoms with Crippen LogP contribution in [0.15, 0.2) is 90.3 Å². The van der Waals surface area contributed by atoms with Crippen LogP contribution in [0.25, 0.3) is 11.4 Å². The Labute approximate surface area is 189 Å². The van der Waals surface area contributed by atoms with Gasteiger partial charge in [-0.15, -0.1) is 5.10 Å². The summed E-state index contributed by atoms with van der Waals surface area (Å²) in [5.41, 5.74) is 3.39. The van der Waals surface area contributed by atoms with Crippen molar-refractivity contribution in [3.05, 3.63) is 101 Å². The van der Waals surface area contributed by atoms with Gasteiger partial charge in [0.05, 0.1) is 11.3 Å². The molecule has 2 aromatic heterocycles. The standard InChI is InChI=1S/C24H19ClN6O/c1-15-20(23(32)28-18-10-3-2-4-11-18)21(19-12-5-6-13-26-19)31-24(27-15)29-22(30-31)16-8-7-9-17(25)14-16/h2-14,21H,1H3,(H,28,32)(H,27,29,30). The average Bonchev–Trinajstić information content (AvgIpc) is 3.23. The molecule has 1 amide bonds. The lowest BCUT2D eigenvalue weighted by Gasteiger charge is -2.28. The number of allylic oxidation sites excluding steroid dienone is 1. The van der Waals surface area contributed by atoms with Gasteiger partial charge in [-0.3, -0.25) is 9.78 Å². The van der Waals surface area contributed by atoms with Gasteiger partial charge in [0.2, 0.25) is 5.95 Å². The van der Waals surface area contributed by atoms with Gasteiger partial charge in [0.1, 0.15) is 6.04 Å². The van der Waals surface area contributed by atoms with E-state index in [2.05, 4.69) is 20.6 Å². The summed E-state index contributed by atoms with van der Waals surface area (Å²) in [6.07, 6.45) is 1.70. The number of amides is 1. The Kier molecular flexibility index (Phi) is 5.17. The smallest absolute Gasteiger partial charge is 0.255 e. The summed E-state index contributed by atoms with van der Waals surface area (Å²) in [6.45, 7) is 1.85.